The van der Waals surface area contributed by atoms with Crippen molar-refractivity contribution in [3.05, 3.63) is 35.9 Å². The normalized spacial score (nSPS) is 10.8. The van der Waals surface area contributed by atoms with Gasteiger partial charge >= 0.3 is 7.55 Å². The predicted molar refractivity (Wildman–Crippen MR) is 82.7 cm³/mol. The molecule has 0 heterocycles. The van der Waals surface area contributed by atoms with Crippen LogP contribution in [-0.4, -0.2) is 19.7 Å². The van der Waals surface area contributed by atoms with E-state index in [1.54, 1.807) is 13.1 Å². The molecule has 0 aliphatic carbocycles. The summed E-state index contributed by atoms with van der Waals surface area (Å²) in [5.41, 5.74) is 1.49. The fourth-order valence-electron chi connectivity index (χ4n) is 1.65. The molecule has 0 saturated carbocycles. The van der Waals surface area contributed by atoms with Crippen LogP contribution in [0.1, 0.15) is 19.4 Å². The average molecular weight is 269 g/mol. The van der Waals surface area contributed by atoms with Gasteiger partial charge in [0.1, 0.15) is 5.69 Å². The van der Waals surface area contributed by atoms with E-state index in [1.165, 1.54) is 7.55 Å². The second-order valence-corrected chi connectivity index (χ2v) is 3.80. The number of hydrogen-bond acceptors (Lipinski definition) is 5. The van der Waals surface area contributed by atoms with Gasteiger partial charge in [-0.05, 0) is 24.4 Å². The Morgan fingerprint density at radius 1 is 1.05 bits per heavy atom. The van der Waals surface area contributed by atoms with E-state index in [0.29, 0.717) is 5.69 Å². The molecule has 2 aromatic rings. The van der Waals surface area contributed by atoms with E-state index >= 15 is 0 Å². The van der Waals surface area contributed by atoms with Crippen LogP contribution >= 0.6 is 0 Å². The van der Waals surface area contributed by atoms with Crippen molar-refractivity contribution < 1.29 is 5.11 Å². The molecule has 6 heteroatoms. The lowest BCUT2D eigenvalue weighted by Gasteiger charge is -2.04. The molecule has 103 valence electrons. The molecule has 0 bridgehead atoms. The van der Waals surface area contributed by atoms with Crippen molar-refractivity contribution in [1.29, 1.82) is 0 Å². The van der Waals surface area contributed by atoms with E-state index in [2.05, 4.69) is 20.3 Å². The Kier molecular flexibility index (Phi) is 6.36. The van der Waals surface area contributed by atoms with Gasteiger partial charge in [-0.25, -0.2) is 15.2 Å². The largest absolute Gasteiger partial charge is 0.505 e. The van der Waals surface area contributed by atoms with Crippen molar-refractivity contribution in [3.63, 3.8) is 0 Å². The van der Waals surface area contributed by atoms with Crippen molar-refractivity contribution in [2.24, 2.45) is 20.3 Å². The summed E-state index contributed by atoms with van der Waals surface area (Å²) < 4.78 is 0. The molecular weight excluding hydrogens is 251 g/mol. The highest BCUT2D eigenvalue weighted by atomic mass is 16.3. The highest BCUT2D eigenvalue weighted by molar-refractivity contribution is 6.29. The minimum Gasteiger partial charge on any atom is -0.505 e. The Labute approximate surface area is 119 Å². The number of phenols is 1. The van der Waals surface area contributed by atoms with Crippen molar-refractivity contribution in [1.82, 2.24) is 0 Å². The summed E-state index contributed by atoms with van der Waals surface area (Å²) in [6.45, 7) is 5.97. The molecule has 0 atom stereocenters. The van der Waals surface area contributed by atoms with E-state index in [-0.39, 0.29) is 5.75 Å². The average Bonchev–Trinajstić information content (AvgIpc) is 2.48. The van der Waals surface area contributed by atoms with E-state index < -0.39 is 0 Å². The summed E-state index contributed by atoms with van der Waals surface area (Å²) in [5, 5.41) is 26.5. The molecule has 0 aliphatic heterocycles. The van der Waals surface area contributed by atoms with Crippen LogP contribution in [0.15, 0.2) is 50.6 Å². The Morgan fingerprint density at radius 2 is 1.75 bits per heavy atom. The second-order valence-electron chi connectivity index (χ2n) is 3.80. The molecule has 1 N–H and O–H groups in total. The van der Waals surface area contributed by atoms with Gasteiger partial charge in [0.05, 0.1) is 0 Å². The van der Waals surface area contributed by atoms with Gasteiger partial charge in [0.15, 0.2) is 5.75 Å². The van der Waals surface area contributed by atoms with E-state index in [4.69, 9.17) is 0 Å². The maximum Gasteiger partial charge on any atom is 0.485 e. The monoisotopic (exact) mass is 269 g/mol. The number of aryl methyl sites for hydroxylation is 1. The van der Waals surface area contributed by atoms with Gasteiger partial charge in [-0.15, -0.1) is 0 Å². The first kappa shape index (κ1) is 15.8. The third-order valence-corrected chi connectivity index (χ3v) is 2.51. The van der Waals surface area contributed by atoms with Crippen molar-refractivity contribution >= 4 is 24.0 Å². The first-order chi connectivity index (χ1) is 9.72. The number of benzene rings is 2. The van der Waals surface area contributed by atoms with Gasteiger partial charge in [-0.1, -0.05) is 37.6 Å². The highest BCUT2D eigenvalue weighted by Gasteiger charge is 2.05. The molecule has 1 radical (unpaired) electrons. The van der Waals surface area contributed by atoms with Gasteiger partial charge in [-0.2, -0.15) is 5.11 Å². The van der Waals surface area contributed by atoms with E-state index in [1.807, 2.05) is 45.0 Å². The van der Waals surface area contributed by atoms with Gasteiger partial charge in [0.25, 0.3) is 0 Å². The number of hydrogen-bond donors (Lipinski definition) is 1. The molecule has 0 saturated heterocycles. The van der Waals surface area contributed by atoms with E-state index in [0.717, 1.165) is 16.3 Å². The lowest BCUT2D eigenvalue weighted by atomic mass is 10.1. The number of aromatic hydroxyl groups is 1. The standard InChI is InChI=1S/C12H12BN4O.C2H6/c1-8-3-4-9-5-6-11(12(18)10(9)7-8)15-17-13-16-14-2;1-2/h3-7,18H,1-2H3;1-2H3. The SMILES string of the molecule is CC.CN=N[B]N=Nc1ccc2ccc(C)cc2c1O. The maximum atomic E-state index is 10.1. The maximum absolute atomic E-state index is 10.1. The molecule has 0 unspecified atom stereocenters. The summed E-state index contributed by atoms with van der Waals surface area (Å²) in [7, 11) is 2.77. The third kappa shape index (κ3) is 3.88. The molecule has 0 spiro atoms. The number of phenolic OH excluding ortho intramolecular Hbond substituents is 1. The fourth-order valence-corrected chi connectivity index (χ4v) is 1.65. The second kappa shape index (κ2) is 8.04. The van der Waals surface area contributed by atoms with Crippen molar-refractivity contribution in [3.8, 4) is 5.75 Å². The van der Waals surface area contributed by atoms with Crippen LogP contribution < -0.4 is 0 Å². The van der Waals surface area contributed by atoms with Crippen LogP contribution in [-0.2, 0) is 0 Å². The summed E-state index contributed by atoms with van der Waals surface area (Å²) in [4.78, 5) is 0. The molecule has 5 nitrogen and oxygen atoms in total. The van der Waals surface area contributed by atoms with Crippen LogP contribution in [0.4, 0.5) is 5.69 Å². The number of rotatable bonds is 3. The molecule has 2 aromatic carbocycles. The minimum absolute atomic E-state index is 0.127. The molecular formula is C14H18BN4O. The minimum atomic E-state index is 0.127. The van der Waals surface area contributed by atoms with Crippen LogP contribution in [0.25, 0.3) is 10.8 Å². The quantitative estimate of drug-likeness (QED) is 0.642. The van der Waals surface area contributed by atoms with Crippen LogP contribution in [0.2, 0.25) is 0 Å². The zero-order chi connectivity index (χ0) is 15.0. The Hall–Kier alpha value is -2.24. The summed E-state index contributed by atoms with van der Waals surface area (Å²) in [6, 6.07) is 9.48. The molecule has 0 amide bonds. The summed E-state index contributed by atoms with van der Waals surface area (Å²) >= 11 is 0. The molecule has 0 aromatic heterocycles. The zero-order valence-corrected chi connectivity index (χ0v) is 12.2. The molecule has 20 heavy (non-hydrogen) atoms. The number of fused-ring (bicyclic) bond motifs is 1. The van der Waals surface area contributed by atoms with Gasteiger partial charge in [0, 0.05) is 12.4 Å². The number of nitrogens with zero attached hydrogens (tertiary/aromatic N) is 4. The Morgan fingerprint density at radius 3 is 2.45 bits per heavy atom. The highest BCUT2D eigenvalue weighted by Crippen LogP contribution is 2.35. The Bertz CT molecular complexity index is 626. The lowest BCUT2D eigenvalue weighted by Crippen LogP contribution is -1.79. The van der Waals surface area contributed by atoms with Gasteiger partial charge in [0.2, 0.25) is 0 Å². The third-order valence-electron chi connectivity index (χ3n) is 2.51. The molecule has 2 rings (SSSR count). The summed E-state index contributed by atoms with van der Waals surface area (Å²) in [5.74, 6) is 0.127. The molecule has 0 fully saturated rings. The zero-order valence-electron chi connectivity index (χ0n) is 12.2. The lowest BCUT2D eigenvalue weighted by molar-refractivity contribution is 0.482. The van der Waals surface area contributed by atoms with Crippen LogP contribution in [0.3, 0.4) is 0 Å². The van der Waals surface area contributed by atoms with Crippen LogP contribution in [0.5, 0.6) is 5.75 Å². The smallest absolute Gasteiger partial charge is 0.485 e. The van der Waals surface area contributed by atoms with E-state index in [9.17, 15) is 5.11 Å². The fraction of sp³-hybridized carbons (Fsp3) is 0.286. The van der Waals surface area contributed by atoms with Gasteiger partial charge in [-0.3, -0.25) is 0 Å². The van der Waals surface area contributed by atoms with Crippen molar-refractivity contribution in [2.75, 3.05) is 7.05 Å². The first-order valence-electron chi connectivity index (χ1n) is 6.46. The van der Waals surface area contributed by atoms with Crippen LogP contribution in [0, 0.1) is 6.92 Å². The Balaban J connectivity index is 0.000000956. The molecule has 0 aliphatic rings. The summed E-state index contributed by atoms with van der Waals surface area (Å²) in [6.07, 6.45) is 0. The topological polar surface area (TPSA) is 69.7 Å². The predicted octanol–water partition coefficient (Wildman–Crippen LogP) is 4.58. The first-order valence-corrected chi connectivity index (χ1v) is 6.46. The van der Waals surface area contributed by atoms with Gasteiger partial charge < -0.3 is 5.11 Å². The van der Waals surface area contributed by atoms with Crippen molar-refractivity contribution in [2.45, 2.75) is 20.8 Å².